The molecule has 0 saturated carbocycles. The predicted molar refractivity (Wildman–Crippen MR) is 60.0 cm³/mol. The molecule has 74 valence electrons. The summed E-state index contributed by atoms with van der Waals surface area (Å²) in [5.41, 5.74) is 7.50. The Balaban J connectivity index is 2.69. The number of rotatable bonds is 4. The van der Waals surface area contributed by atoms with Crippen LogP contribution in [0.15, 0.2) is 16.8 Å². The van der Waals surface area contributed by atoms with Gasteiger partial charge in [-0.3, -0.25) is 0 Å². The topological polar surface area (TPSA) is 26.0 Å². The molecule has 0 radical (unpaired) electrons. The van der Waals surface area contributed by atoms with E-state index in [0.29, 0.717) is 5.92 Å². The van der Waals surface area contributed by atoms with E-state index in [4.69, 9.17) is 5.73 Å². The van der Waals surface area contributed by atoms with E-state index in [2.05, 4.69) is 37.6 Å². The van der Waals surface area contributed by atoms with Gasteiger partial charge in [0.25, 0.3) is 0 Å². The minimum Gasteiger partial charge on any atom is -0.330 e. The SMILES string of the molecule is CC(C)C(C)(CN)Cc1ccsc1. The van der Waals surface area contributed by atoms with Gasteiger partial charge in [-0.05, 0) is 46.7 Å². The first-order valence-corrected chi connectivity index (χ1v) is 5.74. The van der Waals surface area contributed by atoms with E-state index < -0.39 is 0 Å². The lowest BCUT2D eigenvalue weighted by atomic mass is 9.75. The lowest BCUT2D eigenvalue weighted by Gasteiger charge is -2.32. The second-order valence-corrected chi connectivity index (χ2v) is 5.10. The fourth-order valence-corrected chi connectivity index (χ4v) is 2.04. The summed E-state index contributed by atoms with van der Waals surface area (Å²) in [5, 5.41) is 4.35. The number of hydrogen-bond acceptors (Lipinski definition) is 2. The zero-order valence-electron chi connectivity index (χ0n) is 8.71. The van der Waals surface area contributed by atoms with Crippen LogP contribution in [0.3, 0.4) is 0 Å². The summed E-state index contributed by atoms with van der Waals surface area (Å²) in [6.45, 7) is 7.54. The Hall–Kier alpha value is -0.340. The molecule has 0 aliphatic heterocycles. The van der Waals surface area contributed by atoms with Crippen LogP contribution in [-0.4, -0.2) is 6.54 Å². The van der Waals surface area contributed by atoms with Crippen molar-refractivity contribution in [2.45, 2.75) is 27.2 Å². The third-order valence-electron chi connectivity index (χ3n) is 3.05. The Labute approximate surface area is 85.0 Å². The summed E-state index contributed by atoms with van der Waals surface area (Å²) in [6, 6.07) is 2.20. The third kappa shape index (κ3) is 2.55. The molecular formula is C11H19NS. The van der Waals surface area contributed by atoms with Gasteiger partial charge < -0.3 is 5.73 Å². The van der Waals surface area contributed by atoms with E-state index in [9.17, 15) is 0 Å². The van der Waals surface area contributed by atoms with Gasteiger partial charge >= 0.3 is 0 Å². The van der Waals surface area contributed by atoms with Gasteiger partial charge in [0.2, 0.25) is 0 Å². The average Bonchev–Trinajstić information content (AvgIpc) is 2.56. The van der Waals surface area contributed by atoms with Gasteiger partial charge in [-0.1, -0.05) is 20.8 Å². The molecule has 0 aliphatic carbocycles. The monoisotopic (exact) mass is 197 g/mol. The highest BCUT2D eigenvalue weighted by Crippen LogP contribution is 2.30. The van der Waals surface area contributed by atoms with Crippen LogP contribution in [0, 0.1) is 11.3 Å². The van der Waals surface area contributed by atoms with E-state index >= 15 is 0 Å². The summed E-state index contributed by atoms with van der Waals surface area (Å²) < 4.78 is 0. The van der Waals surface area contributed by atoms with Crippen LogP contribution >= 0.6 is 11.3 Å². The zero-order valence-corrected chi connectivity index (χ0v) is 9.53. The van der Waals surface area contributed by atoms with Gasteiger partial charge in [0.05, 0.1) is 0 Å². The molecule has 13 heavy (non-hydrogen) atoms. The lowest BCUT2D eigenvalue weighted by Crippen LogP contribution is -2.34. The van der Waals surface area contributed by atoms with Crippen LogP contribution < -0.4 is 5.73 Å². The number of hydrogen-bond donors (Lipinski definition) is 1. The van der Waals surface area contributed by atoms with Crippen molar-refractivity contribution in [1.29, 1.82) is 0 Å². The van der Waals surface area contributed by atoms with Crippen LogP contribution in [0.1, 0.15) is 26.3 Å². The third-order valence-corrected chi connectivity index (χ3v) is 3.78. The maximum absolute atomic E-state index is 5.83. The van der Waals surface area contributed by atoms with Crippen LogP contribution in [0.25, 0.3) is 0 Å². The Morgan fingerprint density at radius 1 is 1.54 bits per heavy atom. The molecule has 1 nitrogen and oxygen atoms in total. The zero-order chi connectivity index (χ0) is 9.90. The molecule has 0 aliphatic rings. The van der Waals surface area contributed by atoms with Crippen molar-refractivity contribution < 1.29 is 0 Å². The van der Waals surface area contributed by atoms with E-state index in [1.165, 1.54) is 5.56 Å². The fraction of sp³-hybridized carbons (Fsp3) is 0.636. The summed E-state index contributed by atoms with van der Waals surface area (Å²) in [6.07, 6.45) is 1.10. The molecule has 1 heterocycles. The van der Waals surface area contributed by atoms with Gasteiger partial charge in [0.1, 0.15) is 0 Å². The Morgan fingerprint density at radius 2 is 2.23 bits per heavy atom. The van der Waals surface area contributed by atoms with Gasteiger partial charge in [0, 0.05) is 0 Å². The molecule has 1 unspecified atom stereocenters. The summed E-state index contributed by atoms with van der Waals surface area (Å²) >= 11 is 1.76. The quantitative estimate of drug-likeness (QED) is 0.789. The van der Waals surface area contributed by atoms with E-state index in [0.717, 1.165) is 13.0 Å². The summed E-state index contributed by atoms with van der Waals surface area (Å²) in [4.78, 5) is 0. The summed E-state index contributed by atoms with van der Waals surface area (Å²) in [7, 11) is 0. The molecule has 0 saturated heterocycles. The van der Waals surface area contributed by atoms with Crippen LogP contribution in [0.4, 0.5) is 0 Å². The van der Waals surface area contributed by atoms with Gasteiger partial charge in [-0.25, -0.2) is 0 Å². The van der Waals surface area contributed by atoms with Gasteiger partial charge in [-0.2, -0.15) is 11.3 Å². The van der Waals surface area contributed by atoms with Gasteiger partial charge in [-0.15, -0.1) is 0 Å². The second-order valence-electron chi connectivity index (χ2n) is 4.32. The fourth-order valence-electron chi connectivity index (χ4n) is 1.37. The van der Waals surface area contributed by atoms with Crippen molar-refractivity contribution in [3.8, 4) is 0 Å². The molecule has 2 N–H and O–H groups in total. The lowest BCUT2D eigenvalue weighted by molar-refractivity contribution is 0.227. The van der Waals surface area contributed by atoms with Crippen molar-refractivity contribution in [2.75, 3.05) is 6.54 Å². The standard InChI is InChI=1S/C11H19NS/c1-9(2)11(3,8-12)6-10-4-5-13-7-10/h4-5,7,9H,6,8,12H2,1-3H3. The van der Waals surface area contributed by atoms with Crippen LogP contribution in [-0.2, 0) is 6.42 Å². The number of nitrogens with two attached hydrogens (primary N) is 1. The second kappa shape index (κ2) is 4.25. The molecule has 1 rings (SSSR count). The first-order chi connectivity index (χ1) is 6.08. The molecule has 1 aromatic heterocycles. The highest BCUT2D eigenvalue weighted by molar-refractivity contribution is 7.07. The Kier molecular flexibility index (Phi) is 3.51. The molecule has 0 fully saturated rings. The van der Waals surface area contributed by atoms with E-state index in [1.54, 1.807) is 11.3 Å². The molecule has 1 aromatic rings. The van der Waals surface area contributed by atoms with E-state index in [1.807, 2.05) is 0 Å². The predicted octanol–water partition coefficient (Wildman–Crippen LogP) is 2.91. The number of thiophene rings is 1. The molecule has 1 atom stereocenters. The van der Waals surface area contributed by atoms with Crippen molar-refractivity contribution in [3.63, 3.8) is 0 Å². The molecule has 0 bridgehead atoms. The van der Waals surface area contributed by atoms with Gasteiger partial charge in [0.15, 0.2) is 0 Å². The van der Waals surface area contributed by atoms with Crippen LogP contribution in [0.5, 0.6) is 0 Å². The van der Waals surface area contributed by atoms with Crippen molar-refractivity contribution >= 4 is 11.3 Å². The molecule has 0 amide bonds. The maximum Gasteiger partial charge on any atom is -0.00175 e. The molecule has 0 aromatic carbocycles. The molecular weight excluding hydrogens is 178 g/mol. The first kappa shape index (κ1) is 10.7. The average molecular weight is 197 g/mol. The van der Waals surface area contributed by atoms with Crippen molar-refractivity contribution in [2.24, 2.45) is 17.1 Å². The minimum absolute atomic E-state index is 0.251. The minimum atomic E-state index is 0.251. The molecule has 2 heteroatoms. The Morgan fingerprint density at radius 3 is 2.62 bits per heavy atom. The Bertz CT molecular complexity index is 241. The van der Waals surface area contributed by atoms with E-state index in [-0.39, 0.29) is 5.41 Å². The molecule has 0 spiro atoms. The largest absolute Gasteiger partial charge is 0.330 e. The normalized spacial score (nSPS) is 16.1. The highest BCUT2D eigenvalue weighted by Gasteiger charge is 2.26. The van der Waals surface area contributed by atoms with Crippen LogP contribution in [0.2, 0.25) is 0 Å². The smallest absolute Gasteiger partial charge is 0.00175 e. The summed E-state index contributed by atoms with van der Waals surface area (Å²) in [5.74, 6) is 0.636. The van der Waals surface area contributed by atoms with Crippen molar-refractivity contribution in [3.05, 3.63) is 22.4 Å². The first-order valence-electron chi connectivity index (χ1n) is 4.79. The van der Waals surface area contributed by atoms with Crippen molar-refractivity contribution in [1.82, 2.24) is 0 Å². The highest BCUT2D eigenvalue weighted by atomic mass is 32.1. The maximum atomic E-state index is 5.83.